The van der Waals surface area contributed by atoms with E-state index in [2.05, 4.69) is 13.1 Å². The molecule has 0 saturated heterocycles. The molecular formula is C4H8Na2O9S2. The Kier molecular flexibility index (Phi) is 16.1. The van der Waals surface area contributed by atoms with Crippen LogP contribution in [0.1, 0.15) is 0 Å². The molecule has 92 valence electrons. The Morgan fingerprint density at radius 2 is 1.00 bits per heavy atom. The molecule has 0 N–H and O–H groups in total. The van der Waals surface area contributed by atoms with Gasteiger partial charge in [0, 0.05) is 0 Å². The van der Waals surface area contributed by atoms with Crippen molar-refractivity contribution in [3.63, 3.8) is 0 Å². The normalized spacial score (nSPS) is 11.4. The second-order valence-corrected chi connectivity index (χ2v) is 4.18. The van der Waals surface area contributed by atoms with Gasteiger partial charge in [0.1, 0.15) is 0 Å². The Morgan fingerprint density at radius 1 is 0.706 bits per heavy atom. The van der Waals surface area contributed by atoms with Crippen LogP contribution in [0.3, 0.4) is 0 Å². The van der Waals surface area contributed by atoms with E-state index in [4.69, 9.17) is 0 Å². The molecule has 0 aromatic carbocycles. The third-order valence-corrected chi connectivity index (χ3v) is 1.82. The van der Waals surface area contributed by atoms with Gasteiger partial charge >= 0.3 is 59.1 Å². The second kappa shape index (κ2) is 11.5. The SMILES string of the molecule is O=S(=O)([O-])OCCOCCOS(=O)(=O)[O-].[Na+].[Na+]. The van der Waals surface area contributed by atoms with Crippen LogP contribution in [0.2, 0.25) is 0 Å². The van der Waals surface area contributed by atoms with Crippen molar-refractivity contribution in [2.75, 3.05) is 26.4 Å². The van der Waals surface area contributed by atoms with Crippen LogP contribution in [0, 0.1) is 0 Å². The summed E-state index contributed by atoms with van der Waals surface area (Å²) in [7, 11) is -9.49. The topological polar surface area (TPSA) is 142 Å². The van der Waals surface area contributed by atoms with Crippen molar-refractivity contribution in [1.82, 2.24) is 0 Å². The Bertz CT molecular complexity index is 326. The zero-order valence-electron chi connectivity index (χ0n) is 9.32. The summed E-state index contributed by atoms with van der Waals surface area (Å²) in [6.45, 7) is -1.47. The van der Waals surface area contributed by atoms with Crippen LogP contribution in [-0.2, 0) is 33.9 Å². The van der Waals surface area contributed by atoms with Gasteiger partial charge in [-0.1, -0.05) is 0 Å². The van der Waals surface area contributed by atoms with Crippen molar-refractivity contribution in [2.45, 2.75) is 0 Å². The smallest absolute Gasteiger partial charge is 0.726 e. The summed E-state index contributed by atoms with van der Waals surface area (Å²) in [5.74, 6) is 0. The number of hydrogen-bond donors (Lipinski definition) is 0. The van der Waals surface area contributed by atoms with E-state index in [1.807, 2.05) is 0 Å². The maximum Gasteiger partial charge on any atom is 1.00 e. The van der Waals surface area contributed by atoms with Gasteiger partial charge in [-0.3, -0.25) is 8.37 Å². The predicted molar refractivity (Wildman–Crippen MR) is 42.1 cm³/mol. The Balaban J connectivity index is -0.000000980. The maximum atomic E-state index is 9.87. The first kappa shape index (κ1) is 23.8. The number of rotatable bonds is 8. The van der Waals surface area contributed by atoms with E-state index in [0.717, 1.165) is 0 Å². The van der Waals surface area contributed by atoms with Crippen molar-refractivity contribution in [3.05, 3.63) is 0 Å². The van der Waals surface area contributed by atoms with Crippen molar-refractivity contribution in [1.29, 1.82) is 0 Å². The third kappa shape index (κ3) is 23.2. The fourth-order valence-corrected chi connectivity index (χ4v) is 1.04. The minimum Gasteiger partial charge on any atom is -0.726 e. The molecule has 0 atom stereocenters. The average molecular weight is 310 g/mol. The first-order valence-electron chi connectivity index (χ1n) is 3.49. The third-order valence-electron chi connectivity index (χ3n) is 0.911. The van der Waals surface area contributed by atoms with Gasteiger partial charge in [0.15, 0.2) is 0 Å². The van der Waals surface area contributed by atoms with Crippen LogP contribution < -0.4 is 59.1 Å². The van der Waals surface area contributed by atoms with Gasteiger partial charge in [0.2, 0.25) is 20.8 Å². The van der Waals surface area contributed by atoms with Crippen LogP contribution in [0.4, 0.5) is 0 Å². The molecule has 0 saturated carbocycles. The van der Waals surface area contributed by atoms with E-state index in [1.165, 1.54) is 0 Å². The molecule has 0 unspecified atom stereocenters. The zero-order chi connectivity index (χ0) is 11.9. The predicted octanol–water partition coefficient (Wildman–Crippen LogP) is -8.04. The monoisotopic (exact) mass is 310 g/mol. The summed E-state index contributed by atoms with van der Waals surface area (Å²) in [5, 5.41) is 0. The molecule has 0 aromatic heterocycles. The van der Waals surface area contributed by atoms with Gasteiger partial charge in [0.05, 0.1) is 26.4 Å². The summed E-state index contributed by atoms with van der Waals surface area (Å²) in [4.78, 5) is 0. The summed E-state index contributed by atoms with van der Waals surface area (Å²) in [6.07, 6.45) is 0. The van der Waals surface area contributed by atoms with Crippen LogP contribution >= 0.6 is 0 Å². The molecule has 17 heavy (non-hydrogen) atoms. The minimum absolute atomic E-state index is 0. The van der Waals surface area contributed by atoms with Crippen molar-refractivity contribution in [2.24, 2.45) is 0 Å². The van der Waals surface area contributed by atoms with E-state index in [0.29, 0.717) is 0 Å². The van der Waals surface area contributed by atoms with Gasteiger partial charge in [0.25, 0.3) is 0 Å². The van der Waals surface area contributed by atoms with Crippen LogP contribution in [0.5, 0.6) is 0 Å². The Morgan fingerprint density at radius 3 is 1.24 bits per heavy atom. The molecule has 0 amide bonds. The van der Waals surface area contributed by atoms with E-state index in [9.17, 15) is 25.9 Å². The van der Waals surface area contributed by atoms with Crippen LogP contribution in [0.25, 0.3) is 0 Å². The minimum atomic E-state index is -4.75. The molecule has 0 bridgehead atoms. The summed E-state index contributed by atoms with van der Waals surface area (Å²) in [5.41, 5.74) is 0. The van der Waals surface area contributed by atoms with Crippen molar-refractivity contribution < 1.29 is 98.2 Å². The fourth-order valence-electron chi connectivity index (χ4n) is 0.492. The van der Waals surface area contributed by atoms with Gasteiger partial charge < -0.3 is 13.8 Å². The van der Waals surface area contributed by atoms with Crippen LogP contribution in [-0.4, -0.2) is 52.4 Å². The molecule has 0 aromatic rings. The standard InChI is InChI=1S/C4H10O9S2.2Na/c5-14(6,7)12-3-1-11-2-4-13-15(8,9)10;;/h1-4H2,(H,5,6,7)(H,8,9,10);;/q;2*+1/p-2. The number of hydrogen-bond acceptors (Lipinski definition) is 9. The number of ether oxygens (including phenoxy) is 1. The van der Waals surface area contributed by atoms with E-state index in [1.54, 1.807) is 0 Å². The van der Waals surface area contributed by atoms with E-state index < -0.39 is 34.0 Å². The van der Waals surface area contributed by atoms with Crippen molar-refractivity contribution in [3.8, 4) is 0 Å². The van der Waals surface area contributed by atoms with Gasteiger partial charge in [-0.25, -0.2) is 16.8 Å². The van der Waals surface area contributed by atoms with E-state index >= 15 is 0 Å². The summed E-state index contributed by atoms with van der Waals surface area (Å²) >= 11 is 0. The molecule has 13 heteroatoms. The molecule has 0 radical (unpaired) electrons. The largest absolute Gasteiger partial charge is 1.00 e. The van der Waals surface area contributed by atoms with Crippen molar-refractivity contribution >= 4 is 20.8 Å². The molecule has 0 aliphatic carbocycles. The quantitative estimate of drug-likeness (QED) is 0.185. The molecule has 0 rings (SSSR count). The van der Waals surface area contributed by atoms with E-state index in [-0.39, 0.29) is 72.3 Å². The maximum absolute atomic E-state index is 9.87. The van der Waals surface area contributed by atoms with Gasteiger partial charge in [-0.05, 0) is 0 Å². The fraction of sp³-hybridized carbons (Fsp3) is 1.00. The Labute approximate surface area is 144 Å². The molecule has 0 aliphatic rings. The first-order valence-corrected chi connectivity index (χ1v) is 6.15. The van der Waals surface area contributed by atoms with Crippen LogP contribution in [0.15, 0.2) is 0 Å². The molecule has 0 heterocycles. The van der Waals surface area contributed by atoms with Gasteiger partial charge in [-0.15, -0.1) is 0 Å². The summed E-state index contributed by atoms with van der Waals surface area (Å²) < 4.78 is 71.3. The average Bonchev–Trinajstić information content (AvgIpc) is 1.98. The first-order chi connectivity index (χ1) is 6.71. The molecule has 0 aliphatic heterocycles. The van der Waals surface area contributed by atoms with Gasteiger partial charge in [-0.2, -0.15) is 0 Å². The Hall–Kier alpha value is 1.70. The molecule has 0 spiro atoms. The zero-order valence-corrected chi connectivity index (χ0v) is 15.0. The second-order valence-electron chi connectivity index (χ2n) is 2.07. The molecule has 9 nitrogen and oxygen atoms in total. The summed E-state index contributed by atoms with van der Waals surface area (Å²) in [6, 6.07) is 0. The molecule has 0 fully saturated rings. The molecular weight excluding hydrogens is 302 g/mol.